The van der Waals surface area contributed by atoms with Crippen LogP contribution in [0.15, 0.2) is 0 Å². The number of rotatable bonds is 5. The molecule has 19 heavy (non-hydrogen) atoms. The summed E-state index contributed by atoms with van der Waals surface area (Å²) in [4.78, 5) is 16.5. The number of likely N-dealkylation sites (tertiary alicyclic amines) is 1. The van der Waals surface area contributed by atoms with Crippen molar-refractivity contribution in [2.45, 2.75) is 38.3 Å². The number of ether oxygens (including phenoxy) is 1. The van der Waals surface area contributed by atoms with Gasteiger partial charge in [-0.3, -0.25) is 4.79 Å². The molecule has 5 heteroatoms. The molecule has 0 unspecified atom stereocenters. The van der Waals surface area contributed by atoms with Crippen LogP contribution in [0.1, 0.15) is 26.7 Å². The van der Waals surface area contributed by atoms with E-state index in [9.17, 15) is 4.79 Å². The van der Waals surface area contributed by atoms with Crippen molar-refractivity contribution in [2.24, 2.45) is 0 Å². The Morgan fingerprint density at radius 1 is 1.42 bits per heavy atom. The Kier molecular flexibility index (Phi) is 4.81. The van der Waals surface area contributed by atoms with Crippen LogP contribution in [-0.2, 0) is 9.53 Å². The molecule has 110 valence electrons. The topological polar surface area (TPSA) is 44.8 Å². The fourth-order valence-electron chi connectivity index (χ4n) is 2.74. The standard InChI is InChI=1S/C14H27N3O2/c1-4-17-7-5-12(6-8-17)16(3)13(18)9-19-14(2)10-15-11-14/h12,15H,4-11H2,1-3H3. The van der Waals surface area contributed by atoms with Crippen molar-refractivity contribution in [3.63, 3.8) is 0 Å². The number of nitrogens with zero attached hydrogens (tertiary/aromatic N) is 2. The second-order valence-corrected chi connectivity index (χ2v) is 6.01. The van der Waals surface area contributed by atoms with Crippen LogP contribution in [0.4, 0.5) is 0 Å². The Labute approximate surface area is 116 Å². The molecule has 5 nitrogen and oxygen atoms in total. The fraction of sp³-hybridized carbons (Fsp3) is 0.929. The third kappa shape index (κ3) is 3.68. The summed E-state index contributed by atoms with van der Waals surface area (Å²) in [6.45, 7) is 9.45. The number of nitrogens with one attached hydrogen (secondary N) is 1. The maximum absolute atomic E-state index is 12.1. The number of hydrogen-bond donors (Lipinski definition) is 1. The van der Waals surface area contributed by atoms with E-state index in [0.29, 0.717) is 6.04 Å². The predicted molar refractivity (Wildman–Crippen MR) is 75.1 cm³/mol. The number of carbonyl (C=O) groups excluding carboxylic acids is 1. The summed E-state index contributed by atoms with van der Waals surface area (Å²) in [5.74, 6) is 0.114. The minimum atomic E-state index is -0.137. The van der Waals surface area contributed by atoms with Crippen LogP contribution in [0.3, 0.4) is 0 Å². The van der Waals surface area contributed by atoms with Crippen LogP contribution in [0.25, 0.3) is 0 Å². The van der Waals surface area contributed by atoms with Crippen LogP contribution in [-0.4, -0.2) is 73.7 Å². The molecule has 1 amide bonds. The first-order valence-electron chi connectivity index (χ1n) is 7.37. The zero-order valence-corrected chi connectivity index (χ0v) is 12.4. The highest BCUT2D eigenvalue weighted by atomic mass is 16.5. The molecule has 0 saturated carbocycles. The SMILES string of the molecule is CCN1CCC(N(C)C(=O)COC2(C)CNC2)CC1. The first-order chi connectivity index (χ1) is 9.04. The minimum Gasteiger partial charge on any atom is -0.363 e. The number of piperidine rings is 1. The van der Waals surface area contributed by atoms with Gasteiger partial charge >= 0.3 is 0 Å². The lowest BCUT2D eigenvalue weighted by molar-refractivity contribution is -0.147. The zero-order chi connectivity index (χ0) is 13.9. The van der Waals surface area contributed by atoms with Crippen LogP contribution in [0, 0.1) is 0 Å². The van der Waals surface area contributed by atoms with Gasteiger partial charge in [0.15, 0.2) is 0 Å². The molecule has 2 heterocycles. The van der Waals surface area contributed by atoms with E-state index in [1.165, 1.54) is 0 Å². The Hall–Kier alpha value is -0.650. The molecule has 0 atom stereocenters. The van der Waals surface area contributed by atoms with Crippen LogP contribution in [0.2, 0.25) is 0 Å². The first kappa shape index (κ1) is 14.8. The van der Waals surface area contributed by atoms with Crippen molar-refractivity contribution in [1.82, 2.24) is 15.1 Å². The third-order valence-electron chi connectivity index (χ3n) is 4.49. The zero-order valence-electron chi connectivity index (χ0n) is 12.4. The van der Waals surface area contributed by atoms with Gasteiger partial charge in [-0.05, 0) is 26.3 Å². The average molecular weight is 269 g/mol. The van der Waals surface area contributed by atoms with Crippen LogP contribution >= 0.6 is 0 Å². The summed E-state index contributed by atoms with van der Waals surface area (Å²) >= 11 is 0. The lowest BCUT2D eigenvalue weighted by Gasteiger charge is -2.40. The number of carbonyl (C=O) groups is 1. The maximum Gasteiger partial charge on any atom is 0.248 e. The summed E-state index contributed by atoms with van der Waals surface area (Å²) in [6.07, 6.45) is 2.16. The summed E-state index contributed by atoms with van der Waals surface area (Å²) in [5, 5.41) is 3.17. The summed E-state index contributed by atoms with van der Waals surface area (Å²) in [7, 11) is 1.92. The van der Waals surface area contributed by atoms with E-state index in [1.807, 2.05) is 11.9 Å². The molecule has 2 aliphatic rings. The summed E-state index contributed by atoms with van der Waals surface area (Å²) in [5.41, 5.74) is -0.137. The monoisotopic (exact) mass is 269 g/mol. The van der Waals surface area contributed by atoms with Gasteiger partial charge in [0.05, 0.1) is 5.60 Å². The Balaban J connectivity index is 1.73. The molecule has 0 aromatic heterocycles. The average Bonchev–Trinajstić information content (AvgIpc) is 2.42. The minimum absolute atomic E-state index is 0.114. The molecule has 0 aliphatic carbocycles. The molecule has 0 spiro atoms. The third-order valence-corrected chi connectivity index (χ3v) is 4.49. The quantitative estimate of drug-likeness (QED) is 0.780. The molecule has 2 aliphatic heterocycles. The molecule has 0 aromatic carbocycles. The lowest BCUT2D eigenvalue weighted by atomic mass is 10.0. The van der Waals surface area contributed by atoms with Gasteiger partial charge in [-0.15, -0.1) is 0 Å². The first-order valence-corrected chi connectivity index (χ1v) is 7.37. The van der Waals surface area contributed by atoms with Crippen molar-refractivity contribution in [2.75, 3.05) is 46.4 Å². The Bertz CT molecular complexity index is 310. The lowest BCUT2D eigenvalue weighted by Crippen LogP contribution is -2.60. The molecule has 0 bridgehead atoms. The molecule has 2 fully saturated rings. The van der Waals surface area contributed by atoms with Crippen molar-refractivity contribution in [1.29, 1.82) is 0 Å². The van der Waals surface area contributed by atoms with Gasteiger partial charge in [-0.2, -0.15) is 0 Å². The summed E-state index contributed by atoms with van der Waals surface area (Å²) in [6, 6.07) is 0.381. The Morgan fingerprint density at radius 3 is 2.53 bits per heavy atom. The van der Waals surface area contributed by atoms with Crippen LogP contribution in [0.5, 0.6) is 0 Å². The van der Waals surface area contributed by atoms with Crippen molar-refractivity contribution in [3.8, 4) is 0 Å². The van der Waals surface area contributed by atoms with Crippen molar-refractivity contribution < 1.29 is 9.53 Å². The molecular formula is C14H27N3O2. The van der Waals surface area contributed by atoms with Gasteiger partial charge in [-0.1, -0.05) is 6.92 Å². The largest absolute Gasteiger partial charge is 0.363 e. The second-order valence-electron chi connectivity index (χ2n) is 6.01. The smallest absolute Gasteiger partial charge is 0.248 e. The van der Waals surface area contributed by atoms with E-state index in [-0.39, 0.29) is 18.1 Å². The molecule has 2 saturated heterocycles. The van der Waals surface area contributed by atoms with E-state index in [0.717, 1.165) is 45.6 Å². The van der Waals surface area contributed by atoms with E-state index in [1.54, 1.807) is 0 Å². The number of hydrogen-bond acceptors (Lipinski definition) is 4. The normalized spacial score (nSPS) is 23.9. The van der Waals surface area contributed by atoms with Crippen molar-refractivity contribution >= 4 is 5.91 Å². The van der Waals surface area contributed by atoms with Gasteiger partial charge in [0.25, 0.3) is 0 Å². The highest BCUT2D eigenvalue weighted by Gasteiger charge is 2.34. The van der Waals surface area contributed by atoms with Gasteiger partial charge in [0.2, 0.25) is 5.91 Å². The van der Waals surface area contributed by atoms with Crippen LogP contribution < -0.4 is 5.32 Å². The van der Waals surface area contributed by atoms with E-state index >= 15 is 0 Å². The highest BCUT2D eigenvalue weighted by molar-refractivity contribution is 5.77. The van der Waals surface area contributed by atoms with Gasteiger partial charge < -0.3 is 19.9 Å². The second kappa shape index (κ2) is 6.20. The van der Waals surface area contributed by atoms with E-state index in [2.05, 4.69) is 24.1 Å². The molecular weight excluding hydrogens is 242 g/mol. The maximum atomic E-state index is 12.1. The van der Waals surface area contributed by atoms with E-state index < -0.39 is 0 Å². The predicted octanol–water partition coefficient (Wildman–Crippen LogP) is 0.308. The molecule has 1 N–H and O–H groups in total. The van der Waals surface area contributed by atoms with Gasteiger partial charge in [0, 0.05) is 39.3 Å². The Morgan fingerprint density at radius 2 is 2.05 bits per heavy atom. The van der Waals surface area contributed by atoms with Crippen molar-refractivity contribution in [3.05, 3.63) is 0 Å². The molecule has 0 radical (unpaired) electrons. The number of amides is 1. The molecule has 2 rings (SSSR count). The highest BCUT2D eigenvalue weighted by Crippen LogP contribution is 2.18. The molecule has 0 aromatic rings. The van der Waals surface area contributed by atoms with Gasteiger partial charge in [0.1, 0.15) is 6.61 Å². The van der Waals surface area contributed by atoms with E-state index in [4.69, 9.17) is 4.74 Å². The number of likely N-dealkylation sites (N-methyl/N-ethyl adjacent to an activating group) is 1. The van der Waals surface area contributed by atoms with Gasteiger partial charge in [-0.25, -0.2) is 0 Å². The summed E-state index contributed by atoms with van der Waals surface area (Å²) < 4.78 is 5.72. The fourth-order valence-corrected chi connectivity index (χ4v) is 2.74.